The minimum Gasteiger partial charge on any atom is -0.371 e. The van der Waals surface area contributed by atoms with Crippen LogP contribution in [-0.2, 0) is 12.0 Å². The van der Waals surface area contributed by atoms with Crippen LogP contribution in [0.5, 0.6) is 0 Å². The Morgan fingerprint density at radius 3 is 2.77 bits per heavy atom. The van der Waals surface area contributed by atoms with Crippen LogP contribution in [0, 0.1) is 0 Å². The zero-order chi connectivity index (χ0) is 17.6. The summed E-state index contributed by atoms with van der Waals surface area (Å²) in [5.74, 6) is 0. The minimum absolute atomic E-state index is 0.0989. The second-order valence-corrected chi connectivity index (χ2v) is 7.43. The molecule has 0 unspecified atom stereocenters. The number of hydrogen-bond acceptors (Lipinski definition) is 4. The van der Waals surface area contributed by atoms with Crippen LogP contribution in [0.2, 0.25) is 0 Å². The number of benzene rings is 1. The van der Waals surface area contributed by atoms with Gasteiger partial charge in [0.15, 0.2) is 0 Å². The van der Waals surface area contributed by atoms with Crippen LogP contribution >= 0.6 is 0 Å². The third-order valence-corrected chi connectivity index (χ3v) is 6.34. The number of fused-ring (bicyclic) bond motifs is 3. The van der Waals surface area contributed by atoms with Gasteiger partial charge in [0.2, 0.25) is 0 Å². The van der Waals surface area contributed by atoms with Gasteiger partial charge in [0.05, 0.1) is 23.1 Å². The Kier molecular flexibility index (Phi) is 3.71. The van der Waals surface area contributed by atoms with Crippen LogP contribution in [0.15, 0.2) is 42.9 Å². The number of H-pyrrole nitrogens is 1. The first kappa shape index (κ1) is 15.8. The number of aromatic amines is 1. The number of para-hydroxylation sites is 1. The number of hydrogen-bond donors (Lipinski definition) is 1. The van der Waals surface area contributed by atoms with Crippen LogP contribution in [0.1, 0.15) is 31.2 Å². The number of likely N-dealkylation sites (N-methyl/N-ethyl adjacent to an activating group) is 1. The molecule has 0 bridgehead atoms. The topological polar surface area (TPSA) is 48.1 Å². The maximum atomic E-state index is 4.75. The van der Waals surface area contributed by atoms with Gasteiger partial charge in [0.1, 0.15) is 0 Å². The molecule has 5 rings (SSSR count). The molecule has 2 aliphatic rings. The van der Waals surface area contributed by atoms with Crippen molar-refractivity contribution >= 4 is 16.6 Å². The molecule has 3 aromatic rings. The van der Waals surface area contributed by atoms with Crippen LogP contribution in [0.25, 0.3) is 10.9 Å². The molecule has 1 spiro atoms. The van der Waals surface area contributed by atoms with Gasteiger partial charge in [-0.1, -0.05) is 25.1 Å². The number of pyridine rings is 1. The molecule has 1 fully saturated rings. The number of piperidine rings is 1. The summed E-state index contributed by atoms with van der Waals surface area (Å²) in [6, 6.07) is 10.6. The van der Waals surface area contributed by atoms with Crippen molar-refractivity contribution in [1.82, 2.24) is 19.9 Å². The molecule has 1 saturated heterocycles. The van der Waals surface area contributed by atoms with E-state index in [0.717, 1.165) is 51.0 Å². The van der Waals surface area contributed by atoms with Crippen molar-refractivity contribution in [3.63, 3.8) is 0 Å². The van der Waals surface area contributed by atoms with Crippen LogP contribution in [0.3, 0.4) is 0 Å². The highest BCUT2D eigenvalue weighted by molar-refractivity contribution is 5.91. The summed E-state index contributed by atoms with van der Waals surface area (Å²) < 4.78 is 0. The highest BCUT2D eigenvalue weighted by Gasteiger charge is 2.46. The van der Waals surface area contributed by atoms with E-state index in [2.05, 4.69) is 57.0 Å². The fourth-order valence-electron chi connectivity index (χ4n) is 5.01. The van der Waals surface area contributed by atoms with E-state index in [1.165, 1.54) is 22.5 Å². The van der Waals surface area contributed by atoms with E-state index in [9.17, 15) is 0 Å². The first-order valence-electron chi connectivity index (χ1n) is 9.68. The van der Waals surface area contributed by atoms with Crippen molar-refractivity contribution < 1.29 is 0 Å². The third kappa shape index (κ3) is 2.27. The lowest BCUT2D eigenvalue weighted by atomic mass is 9.78. The fourth-order valence-corrected chi connectivity index (χ4v) is 5.01. The molecule has 0 atom stereocenters. The summed E-state index contributed by atoms with van der Waals surface area (Å²) in [7, 11) is 0. The Morgan fingerprint density at radius 1 is 1.08 bits per heavy atom. The second kappa shape index (κ2) is 6.09. The van der Waals surface area contributed by atoms with E-state index < -0.39 is 0 Å². The predicted molar refractivity (Wildman–Crippen MR) is 104 cm³/mol. The SMILES string of the molecule is CCN1CCc2[nH]cnc2C12CCN(c1ccnc3ccccc13)CC2. The van der Waals surface area contributed by atoms with E-state index in [-0.39, 0.29) is 5.54 Å². The summed E-state index contributed by atoms with van der Waals surface area (Å²) >= 11 is 0. The molecule has 26 heavy (non-hydrogen) atoms. The van der Waals surface area contributed by atoms with Crippen molar-refractivity contribution in [3.8, 4) is 0 Å². The van der Waals surface area contributed by atoms with Gasteiger partial charge in [-0.2, -0.15) is 0 Å². The van der Waals surface area contributed by atoms with Gasteiger partial charge in [-0.15, -0.1) is 0 Å². The fraction of sp³-hybridized carbons (Fsp3) is 0.429. The molecule has 2 aromatic heterocycles. The van der Waals surface area contributed by atoms with E-state index in [4.69, 9.17) is 4.98 Å². The first-order valence-corrected chi connectivity index (χ1v) is 9.68. The van der Waals surface area contributed by atoms with Crippen molar-refractivity contribution in [1.29, 1.82) is 0 Å². The average molecular weight is 347 g/mol. The van der Waals surface area contributed by atoms with Crippen LogP contribution in [0.4, 0.5) is 5.69 Å². The lowest BCUT2D eigenvalue weighted by molar-refractivity contribution is 0.0498. The zero-order valence-corrected chi connectivity index (χ0v) is 15.3. The van der Waals surface area contributed by atoms with Crippen molar-refractivity contribution in [2.45, 2.75) is 31.7 Å². The first-order chi connectivity index (χ1) is 12.8. The molecule has 5 nitrogen and oxygen atoms in total. The number of nitrogens with zero attached hydrogens (tertiary/aromatic N) is 4. The van der Waals surface area contributed by atoms with Crippen molar-refractivity contribution in [2.24, 2.45) is 0 Å². The minimum atomic E-state index is 0.0989. The molecule has 0 amide bonds. The standard InChI is InChI=1S/C21H25N5/c1-2-26-12-8-18-20(24-15-23-18)21(26)9-13-25(14-10-21)19-7-11-22-17-6-4-3-5-16(17)19/h3-7,11,15H,2,8-10,12-14H2,1H3,(H,23,24). The van der Waals surface area contributed by atoms with E-state index in [1.807, 2.05) is 12.5 Å². The highest BCUT2D eigenvalue weighted by atomic mass is 15.3. The van der Waals surface area contributed by atoms with Gasteiger partial charge in [0, 0.05) is 49.0 Å². The molecule has 1 aromatic carbocycles. The molecule has 0 aliphatic carbocycles. The predicted octanol–water partition coefficient (Wildman–Crippen LogP) is 3.33. The highest BCUT2D eigenvalue weighted by Crippen LogP contribution is 2.43. The van der Waals surface area contributed by atoms with Gasteiger partial charge in [-0.05, 0) is 31.5 Å². The lowest BCUT2D eigenvalue weighted by Crippen LogP contribution is -2.56. The maximum absolute atomic E-state index is 4.75. The van der Waals surface area contributed by atoms with Crippen LogP contribution < -0.4 is 4.90 Å². The van der Waals surface area contributed by atoms with E-state index >= 15 is 0 Å². The van der Waals surface area contributed by atoms with Crippen molar-refractivity contribution in [3.05, 3.63) is 54.2 Å². The summed E-state index contributed by atoms with van der Waals surface area (Å²) in [5, 5.41) is 1.25. The molecule has 2 aliphatic heterocycles. The molecular formula is C21H25N5. The Bertz CT molecular complexity index is 918. The number of imidazole rings is 1. The smallest absolute Gasteiger partial charge is 0.0926 e. The van der Waals surface area contributed by atoms with Gasteiger partial charge in [-0.25, -0.2) is 4.98 Å². The number of rotatable bonds is 2. The summed E-state index contributed by atoms with van der Waals surface area (Å²) in [6.45, 7) is 6.60. The Morgan fingerprint density at radius 2 is 1.92 bits per heavy atom. The quantitative estimate of drug-likeness (QED) is 0.772. The third-order valence-electron chi connectivity index (χ3n) is 6.34. The lowest BCUT2D eigenvalue weighted by Gasteiger charge is -2.50. The van der Waals surface area contributed by atoms with Gasteiger partial charge in [0.25, 0.3) is 0 Å². The Hall–Kier alpha value is -2.40. The van der Waals surface area contributed by atoms with Gasteiger partial charge >= 0.3 is 0 Å². The average Bonchev–Trinajstić information content (AvgIpc) is 3.19. The van der Waals surface area contributed by atoms with E-state index in [0.29, 0.717) is 0 Å². The van der Waals surface area contributed by atoms with Gasteiger partial charge < -0.3 is 9.88 Å². The second-order valence-electron chi connectivity index (χ2n) is 7.43. The summed E-state index contributed by atoms with van der Waals surface area (Å²) in [6.07, 6.45) is 7.15. The largest absolute Gasteiger partial charge is 0.371 e. The number of aromatic nitrogens is 3. The normalized spacial score (nSPS) is 19.8. The van der Waals surface area contributed by atoms with E-state index in [1.54, 1.807) is 0 Å². The molecule has 4 heterocycles. The molecular weight excluding hydrogens is 322 g/mol. The molecule has 134 valence electrons. The monoisotopic (exact) mass is 347 g/mol. The summed E-state index contributed by atoms with van der Waals surface area (Å²) in [5.41, 5.74) is 5.13. The van der Waals surface area contributed by atoms with Crippen molar-refractivity contribution in [2.75, 3.05) is 31.1 Å². The Labute approximate surface area is 154 Å². The summed E-state index contributed by atoms with van der Waals surface area (Å²) in [4.78, 5) is 17.8. The zero-order valence-electron chi connectivity index (χ0n) is 15.3. The molecule has 1 N–H and O–H groups in total. The Balaban J connectivity index is 1.48. The molecule has 0 saturated carbocycles. The van der Waals surface area contributed by atoms with Crippen LogP contribution in [-0.4, -0.2) is 46.0 Å². The molecule has 5 heteroatoms. The maximum Gasteiger partial charge on any atom is 0.0926 e. The number of anilines is 1. The molecule has 0 radical (unpaired) electrons. The van der Waals surface area contributed by atoms with Gasteiger partial charge in [-0.3, -0.25) is 9.88 Å². The number of nitrogens with one attached hydrogen (secondary N) is 1.